The molecule has 0 aliphatic rings. The number of carbonyl (C=O) groups excluding carboxylic acids is 1. The van der Waals surface area contributed by atoms with E-state index in [0.717, 1.165) is 11.3 Å². The Kier molecular flexibility index (Phi) is 3.85. The monoisotopic (exact) mass is 206 g/mol. The fraction of sp³-hybridized carbons (Fsp3) is 0.273. The van der Waals surface area contributed by atoms with Crippen LogP contribution in [0.1, 0.15) is 17.7 Å². The number of nitrogens with zero attached hydrogens (tertiary/aromatic N) is 1. The van der Waals surface area contributed by atoms with E-state index < -0.39 is 0 Å². The Bertz CT molecular complexity index is 386. The zero-order valence-corrected chi connectivity index (χ0v) is 8.86. The zero-order chi connectivity index (χ0) is 11.3. The van der Waals surface area contributed by atoms with Crippen molar-refractivity contribution in [2.24, 2.45) is 0 Å². The molecular weight excluding hydrogens is 192 g/mol. The number of rotatable bonds is 3. The second kappa shape index (κ2) is 5.14. The molecule has 0 radical (unpaired) electrons. The number of aromatic nitrogens is 1. The fourth-order valence-electron chi connectivity index (χ4n) is 1.13. The summed E-state index contributed by atoms with van der Waals surface area (Å²) in [6.45, 7) is 1.87. The van der Waals surface area contributed by atoms with Gasteiger partial charge in [-0.05, 0) is 24.6 Å². The maximum atomic E-state index is 10.8. The van der Waals surface area contributed by atoms with Crippen molar-refractivity contribution in [3.63, 3.8) is 0 Å². The van der Waals surface area contributed by atoms with Crippen LogP contribution in [0.2, 0.25) is 0 Å². The van der Waals surface area contributed by atoms with E-state index >= 15 is 0 Å². The highest BCUT2D eigenvalue weighted by molar-refractivity contribution is 5.72. The minimum Gasteiger partial charge on any atom is -0.469 e. The molecule has 0 bridgehead atoms. The van der Waals surface area contributed by atoms with Gasteiger partial charge in [0.25, 0.3) is 0 Å². The van der Waals surface area contributed by atoms with Crippen molar-refractivity contribution < 1.29 is 9.53 Å². The first-order chi connectivity index (χ1) is 7.13. The number of aryl methyl sites for hydroxylation is 1. The first kappa shape index (κ1) is 11.2. The van der Waals surface area contributed by atoms with E-state index in [1.165, 1.54) is 7.11 Å². The summed E-state index contributed by atoms with van der Waals surface area (Å²) in [6.07, 6.45) is 3.84. The quantitative estimate of drug-likeness (QED) is 0.762. The number of hydrogen-bond donors (Lipinski definition) is 1. The second-order valence-corrected chi connectivity index (χ2v) is 3.09. The van der Waals surface area contributed by atoms with Gasteiger partial charge in [0.05, 0.1) is 13.5 Å². The fourth-order valence-corrected chi connectivity index (χ4v) is 1.13. The van der Waals surface area contributed by atoms with Gasteiger partial charge in [-0.3, -0.25) is 4.79 Å². The Hall–Kier alpha value is -1.84. The van der Waals surface area contributed by atoms with Crippen molar-refractivity contribution in [2.45, 2.75) is 13.3 Å². The maximum Gasteiger partial charge on any atom is 0.309 e. The van der Waals surface area contributed by atoms with E-state index in [1.807, 2.05) is 19.1 Å². The van der Waals surface area contributed by atoms with E-state index in [2.05, 4.69) is 9.72 Å². The molecule has 0 spiro atoms. The molecule has 0 saturated heterocycles. The standard InChI is InChI=1S/C11H14N2O2/c1-8-9(6-7-10(12)13-8)4-3-5-11(14)15-2/h3-4,6-7H,5H2,1-2H3,(H2,12,13). The van der Waals surface area contributed by atoms with Gasteiger partial charge < -0.3 is 10.5 Å². The van der Waals surface area contributed by atoms with Crippen LogP contribution in [0.5, 0.6) is 0 Å². The van der Waals surface area contributed by atoms with Crippen LogP contribution in [0, 0.1) is 6.92 Å². The molecule has 80 valence electrons. The molecule has 15 heavy (non-hydrogen) atoms. The summed E-state index contributed by atoms with van der Waals surface area (Å²) in [5, 5.41) is 0. The minimum atomic E-state index is -0.257. The molecule has 0 unspecified atom stereocenters. The number of nitrogen functional groups attached to an aromatic ring is 1. The van der Waals surface area contributed by atoms with Gasteiger partial charge in [-0.25, -0.2) is 4.98 Å². The molecule has 1 aromatic heterocycles. The van der Waals surface area contributed by atoms with E-state index in [9.17, 15) is 4.79 Å². The average molecular weight is 206 g/mol. The number of ether oxygens (including phenoxy) is 1. The van der Waals surface area contributed by atoms with E-state index in [1.54, 1.807) is 12.1 Å². The molecular formula is C11H14N2O2. The van der Waals surface area contributed by atoms with Crippen molar-refractivity contribution >= 4 is 17.9 Å². The van der Waals surface area contributed by atoms with Gasteiger partial charge in [-0.2, -0.15) is 0 Å². The van der Waals surface area contributed by atoms with Gasteiger partial charge in [0, 0.05) is 5.69 Å². The molecule has 2 N–H and O–H groups in total. The number of anilines is 1. The van der Waals surface area contributed by atoms with Crippen LogP contribution in [0.3, 0.4) is 0 Å². The van der Waals surface area contributed by atoms with Crippen molar-refractivity contribution in [3.05, 3.63) is 29.5 Å². The third kappa shape index (κ3) is 3.42. The molecule has 0 saturated carbocycles. The Morgan fingerprint density at radius 1 is 1.60 bits per heavy atom. The van der Waals surface area contributed by atoms with Crippen LogP contribution in [0.15, 0.2) is 18.2 Å². The van der Waals surface area contributed by atoms with Gasteiger partial charge in [0.2, 0.25) is 0 Å². The van der Waals surface area contributed by atoms with E-state index in [-0.39, 0.29) is 12.4 Å². The Morgan fingerprint density at radius 3 is 2.93 bits per heavy atom. The summed E-state index contributed by atoms with van der Waals surface area (Å²) < 4.78 is 4.51. The topological polar surface area (TPSA) is 65.2 Å². The molecule has 0 fully saturated rings. The molecule has 0 atom stereocenters. The molecule has 1 aromatic rings. The van der Waals surface area contributed by atoms with Crippen LogP contribution in [0.25, 0.3) is 6.08 Å². The molecule has 4 heteroatoms. The number of nitrogens with two attached hydrogens (primary N) is 1. The summed E-state index contributed by atoms with van der Waals surface area (Å²) in [5.41, 5.74) is 7.31. The highest BCUT2D eigenvalue weighted by atomic mass is 16.5. The first-order valence-corrected chi connectivity index (χ1v) is 4.60. The Balaban J connectivity index is 2.68. The lowest BCUT2D eigenvalue weighted by molar-refractivity contribution is -0.139. The van der Waals surface area contributed by atoms with Gasteiger partial charge in [0.1, 0.15) is 5.82 Å². The van der Waals surface area contributed by atoms with Gasteiger partial charge in [0.15, 0.2) is 0 Å². The van der Waals surface area contributed by atoms with Gasteiger partial charge in [-0.1, -0.05) is 12.2 Å². The predicted molar refractivity (Wildman–Crippen MR) is 59.1 cm³/mol. The highest BCUT2D eigenvalue weighted by Crippen LogP contribution is 2.10. The lowest BCUT2D eigenvalue weighted by atomic mass is 10.2. The van der Waals surface area contributed by atoms with Crippen molar-refractivity contribution in [2.75, 3.05) is 12.8 Å². The number of pyridine rings is 1. The SMILES string of the molecule is COC(=O)CC=Cc1ccc(N)nc1C. The Labute approximate surface area is 88.8 Å². The van der Waals surface area contributed by atoms with Crippen molar-refractivity contribution in [3.8, 4) is 0 Å². The second-order valence-electron chi connectivity index (χ2n) is 3.09. The van der Waals surface area contributed by atoms with E-state index in [4.69, 9.17) is 5.73 Å². The molecule has 0 aromatic carbocycles. The third-order valence-corrected chi connectivity index (χ3v) is 1.96. The molecule has 0 aliphatic heterocycles. The number of hydrogen-bond acceptors (Lipinski definition) is 4. The minimum absolute atomic E-state index is 0.257. The van der Waals surface area contributed by atoms with Crippen LogP contribution in [0.4, 0.5) is 5.82 Å². The molecule has 0 amide bonds. The average Bonchev–Trinajstić information content (AvgIpc) is 2.21. The summed E-state index contributed by atoms with van der Waals surface area (Å²) in [5.74, 6) is 0.241. The van der Waals surface area contributed by atoms with Gasteiger partial charge in [-0.15, -0.1) is 0 Å². The van der Waals surface area contributed by atoms with Crippen LogP contribution in [-0.2, 0) is 9.53 Å². The molecule has 4 nitrogen and oxygen atoms in total. The number of esters is 1. The number of methoxy groups -OCH3 is 1. The van der Waals surface area contributed by atoms with Crippen molar-refractivity contribution in [1.29, 1.82) is 0 Å². The molecule has 1 rings (SSSR count). The van der Waals surface area contributed by atoms with Gasteiger partial charge >= 0.3 is 5.97 Å². The zero-order valence-electron chi connectivity index (χ0n) is 8.86. The lowest BCUT2D eigenvalue weighted by Gasteiger charge is -2.00. The largest absolute Gasteiger partial charge is 0.469 e. The first-order valence-electron chi connectivity index (χ1n) is 4.60. The molecule has 1 heterocycles. The van der Waals surface area contributed by atoms with Crippen LogP contribution < -0.4 is 5.73 Å². The lowest BCUT2D eigenvalue weighted by Crippen LogP contribution is -1.97. The Morgan fingerprint density at radius 2 is 2.33 bits per heavy atom. The van der Waals surface area contributed by atoms with Crippen LogP contribution >= 0.6 is 0 Å². The summed E-state index contributed by atoms with van der Waals surface area (Å²) in [4.78, 5) is 14.9. The summed E-state index contributed by atoms with van der Waals surface area (Å²) in [6, 6.07) is 3.59. The predicted octanol–water partition coefficient (Wildman–Crippen LogP) is 1.55. The van der Waals surface area contributed by atoms with Crippen molar-refractivity contribution in [1.82, 2.24) is 4.98 Å². The smallest absolute Gasteiger partial charge is 0.309 e. The maximum absolute atomic E-state index is 10.8. The third-order valence-electron chi connectivity index (χ3n) is 1.96. The summed E-state index contributed by atoms with van der Waals surface area (Å²) in [7, 11) is 1.37. The number of carbonyl (C=O) groups is 1. The van der Waals surface area contributed by atoms with Crippen LogP contribution in [-0.4, -0.2) is 18.1 Å². The van der Waals surface area contributed by atoms with E-state index in [0.29, 0.717) is 5.82 Å². The normalized spacial score (nSPS) is 10.5. The highest BCUT2D eigenvalue weighted by Gasteiger charge is 1.97. The summed E-state index contributed by atoms with van der Waals surface area (Å²) >= 11 is 0. The molecule has 0 aliphatic carbocycles.